The molecule has 0 aliphatic carbocycles. The quantitative estimate of drug-likeness (QED) is 0.330. The molecule has 3 aromatic carbocycles. The van der Waals surface area contributed by atoms with Crippen LogP contribution in [0.1, 0.15) is 33.3 Å². The molecule has 0 aliphatic heterocycles. The van der Waals surface area contributed by atoms with Gasteiger partial charge in [-0.05, 0) is 48.4 Å². The number of amides is 1. The lowest BCUT2D eigenvalue weighted by molar-refractivity contribution is 0.0515. The highest BCUT2D eigenvalue weighted by molar-refractivity contribution is 6.11. The number of carbonyl (C=O) groups is 2. The normalized spacial score (nSPS) is 10.6. The summed E-state index contributed by atoms with van der Waals surface area (Å²) in [6.45, 7) is 2.23. The molecular weight excluding hydrogens is 447 g/mol. The van der Waals surface area contributed by atoms with Gasteiger partial charge in [-0.2, -0.15) is 0 Å². The van der Waals surface area contributed by atoms with E-state index in [0.717, 1.165) is 5.56 Å². The zero-order valence-corrected chi connectivity index (χ0v) is 19.5. The van der Waals surface area contributed by atoms with Crippen LogP contribution < -0.4 is 10.1 Å². The third-order valence-corrected chi connectivity index (χ3v) is 5.45. The molecule has 4 rings (SSSR count). The summed E-state index contributed by atoms with van der Waals surface area (Å²) in [6, 6.07) is 22.3. The van der Waals surface area contributed by atoms with Gasteiger partial charge in [0.25, 0.3) is 5.91 Å². The number of halogens is 1. The first-order valence-electron chi connectivity index (χ1n) is 11.2. The number of aromatic nitrogens is 1. The second-order valence-corrected chi connectivity index (χ2v) is 7.80. The average Bonchev–Trinajstić information content (AvgIpc) is 3.22. The number of anilines is 1. The topological polar surface area (TPSA) is 69.6 Å². The maximum absolute atomic E-state index is 14.1. The Morgan fingerprint density at radius 2 is 1.74 bits per heavy atom. The number of methoxy groups -OCH3 is 1. The van der Waals surface area contributed by atoms with Crippen LogP contribution in [0.5, 0.6) is 5.75 Å². The maximum Gasteiger partial charge on any atom is 0.357 e. The van der Waals surface area contributed by atoms with Crippen molar-refractivity contribution in [2.24, 2.45) is 0 Å². The molecule has 1 amide bonds. The second-order valence-electron chi connectivity index (χ2n) is 7.80. The van der Waals surface area contributed by atoms with Gasteiger partial charge >= 0.3 is 5.97 Å². The predicted octanol–water partition coefficient (Wildman–Crippen LogP) is 5.78. The Morgan fingerprint density at radius 1 is 0.971 bits per heavy atom. The van der Waals surface area contributed by atoms with Gasteiger partial charge < -0.3 is 19.4 Å². The number of benzene rings is 3. The van der Waals surface area contributed by atoms with E-state index in [1.807, 2.05) is 30.3 Å². The number of hydrogen-bond acceptors (Lipinski definition) is 4. The van der Waals surface area contributed by atoms with E-state index in [1.54, 1.807) is 54.1 Å². The molecule has 0 unspecified atom stereocenters. The molecule has 0 saturated carbocycles. The Kier molecular flexibility index (Phi) is 7.26. The Labute approximate surface area is 202 Å². The van der Waals surface area contributed by atoms with Gasteiger partial charge in [0.1, 0.15) is 11.6 Å². The number of esters is 1. The number of nitrogens with one attached hydrogen (secondary N) is 1. The molecule has 35 heavy (non-hydrogen) atoms. The summed E-state index contributed by atoms with van der Waals surface area (Å²) in [5, 5.41) is 2.87. The molecule has 0 aliphatic rings. The SMILES string of the molecule is CCOC(=O)c1c(NC(=O)c2cccc(OC)c2)c(-c2cccc(F)c2)cn1Cc1ccccc1. The minimum atomic E-state index is -0.591. The summed E-state index contributed by atoms with van der Waals surface area (Å²) >= 11 is 0. The molecule has 1 aromatic heterocycles. The van der Waals surface area contributed by atoms with Gasteiger partial charge in [-0.15, -0.1) is 0 Å². The Hall–Kier alpha value is -4.39. The van der Waals surface area contributed by atoms with Gasteiger partial charge in [0.2, 0.25) is 0 Å². The van der Waals surface area contributed by atoms with E-state index >= 15 is 0 Å². The summed E-state index contributed by atoms with van der Waals surface area (Å²) in [5.41, 5.74) is 2.73. The van der Waals surface area contributed by atoms with Crippen LogP contribution in [0.4, 0.5) is 10.1 Å². The number of rotatable bonds is 8. The highest BCUT2D eigenvalue weighted by Crippen LogP contribution is 2.35. The van der Waals surface area contributed by atoms with Crippen LogP contribution in [0.25, 0.3) is 11.1 Å². The zero-order chi connectivity index (χ0) is 24.8. The zero-order valence-electron chi connectivity index (χ0n) is 19.5. The molecule has 4 aromatic rings. The maximum atomic E-state index is 14.1. The third-order valence-electron chi connectivity index (χ3n) is 5.45. The van der Waals surface area contributed by atoms with Crippen LogP contribution in [0.2, 0.25) is 0 Å². The monoisotopic (exact) mass is 472 g/mol. The Bertz CT molecular complexity index is 1350. The molecule has 0 fully saturated rings. The smallest absolute Gasteiger partial charge is 0.357 e. The van der Waals surface area contributed by atoms with Gasteiger partial charge in [-0.25, -0.2) is 9.18 Å². The molecule has 1 N–H and O–H groups in total. The molecule has 178 valence electrons. The van der Waals surface area contributed by atoms with Crippen molar-refractivity contribution in [3.05, 3.63) is 108 Å². The standard InChI is InChI=1S/C28H25FN2O4/c1-3-35-28(33)26-25(30-27(32)21-12-8-14-23(16-21)34-2)24(20-11-7-13-22(29)15-20)18-31(26)17-19-9-5-4-6-10-19/h4-16,18H,3,17H2,1-2H3,(H,30,32). The van der Waals surface area contributed by atoms with Crippen LogP contribution in [0.3, 0.4) is 0 Å². The molecule has 0 atom stereocenters. The Balaban J connectivity index is 1.86. The molecule has 6 nitrogen and oxygen atoms in total. The minimum absolute atomic E-state index is 0.161. The number of hydrogen-bond donors (Lipinski definition) is 1. The van der Waals surface area contributed by atoms with Gasteiger partial charge in [0.15, 0.2) is 5.69 Å². The van der Waals surface area contributed by atoms with Gasteiger partial charge in [-0.1, -0.05) is 48.5 Å². The first-order valence-corrected chi connectivity index (χ1v) is 11.2. The van der Waals surface area contributed by atoms with Crippen molar-refractivity contribution in [1.82, 2.24) is 4.57 Å². The van der Waals surface area contributed by atoms with Crippen molar-refractivity contribution in [2.75, 3.05) is 19.0 Å². The van der Waals surface area contributed by atoms with Crippen LogP contribution in [-0.4, -0.2) is 30.2 Å². The third kappa shape index (κ3) is 5.41. The fourth-order valence-corrected chi connectivity index (χ4v) is 3.83. The highest BCUT2D eigenvalue weighted by Gasteiger charge is 2.26. The van der Waals surface area contributed by atoms with Gasteiger partial charge in [-0.3, -0.25) is 4.79 Å². The van der Waals surface area contributed by atoms with Crippen molar-refractivity contribution >= 4 is 17.6 Å². The Morgan fingerprint density at radius 3 is 2.46 bits per heavy atom. The van der Waals surface area contributed by atoms with Crippen LogP contribution in [0, 0.1) is 5.82 Å². The minimum Gasteiger partial charge on any atom is -0.497 e. The van der Waals surface area contributed by atoms with Gasteiger partial charge in [0.05, 0.1) is 19.4 Å². The molecule has 7 heteroatoms. The van der Waals surface area contributed by atoms with Crippen molar-refractivity contribution in [1.29, 1.82) is 0 Å². The lowest BCUT2D eigenvalue weighted by Crippen LogP contribution is -2.18. The van der Waals surface area contributed by atoms with Crippen molar-refractivity contribution in [3.63, 3.8) is 0 Å². The number of carbonyl (C=O) groups excluding carboxylic acids is 2. The summed E-state index contributed by atoms with van der Waals surface area (Å²) in [4.78, 5) is 26.3. The summed E-state index contributed by atoms with van der Waals surface area (Å²) in [6.07, 6.45) is 1.73. The van der Waals surface area contributed by atoms with Crippen LogP contribution in [0.15, 0.2) is 85.1 Å². The van der Waals surface area contributed by atoms with E-state index in [2.05, 4.69) is 5.32 Å². The second kappa shape index (κ2) is 10.7. The summed E-state index contributed by atoms with van der Waals surface area (Å²) < 4.78 is 26.4. The molecule has 0 saturated heterocycles. The lowest BCUT2D eigenvalue weighted by Gasteiger charge is -2.13. The van der Waals surface area contributed by atoms with E-state index in [0.29, 0.717) is 29.0 Å². The number of ether oxygens (including phenoxy) is 2. The highest BCUT2D eigenvalue weighted by atomic mass is 19.1. The molecular formula is C28H25FN2O4. The van der Waals surface area contributed by atoms with E-state index in [-0.39, 0.29) is 18.0 Å². The van der Waals surface area contributed by atoms with E-state index < -0.39 is 17.7 Å². The van der Waals surface area contributed by atoms with Gasteiger partial charge in [0, 0.05) is 23.9 Å². The molecule has 0 bridgehead atoms. The molecule has 1 heterocycles. The van der Waals surface area contributed by atoms with E-state index in [9.17, 15) is 14.0 Å². The predicted molar refractivity (Wildman–Crippen MR) is 132 cm³/mol. The fraction of sp³-hybridized carbons (Fsp3) is 0.143. The van der Waals surface area contributed by atoms with Crippen molar-refractivity contribution in [2.45, 2.75) is 13.5 Å². The fourth-order valence-electron chi connectivity index (χ4n) is 3.83. The average molecular weight is 473 g/mol. The summed E-state index contributed by atoms with van der Waals surface area (Å²) in [5.74, 6) is -0.937. The van der Waals surface area contributed by atoms with Crippen LogP contribution >= 0.6 is 0 Å². The van der Waals surface area contributed by atoms with E-state index in [4.69, 9.17) is 9.47 Å². The summed E-state index contributed by atoms with van der Waals surface area (Å²) in [7, 11) is 1.52. The first-order chi connectivity index (χ1) is 17.0. The molecule has 0 spiro atoms. The van der Waals surface area contributed by atoms with Crippen molar-refractivity contribution < 1.29 is 23.5 Å². The number of nitrogens with zero attached hydrogens (tertiary/aromatic N) is 1. The van der Waals surface area contributed by atoms with Crippen LogP contribution in [-0.2, 0) is 11.3 Å². The first kappa shape index (κ1) is 23.8. The van der Waals surface area contributed by atoms with E-state index in [1.165, 1.54) is 19.2 Å². The van der Waals surface area contributed by atoms with Crippen molar-refractivity contribution in [3.8, 4) is 16.9 Å². The molecule has 0 radical (unpaired) electrons. The largest absolute Gasteiger partial charge is 0.497 e. The lowest BCUT2D eigenvalue weighted by atomic mass is 10.1.